The number of carboxylic acids is 1. The van der Waals surface area contributed by atoms with Gasteiger partial charge in [0.05, 0.1) is 26.7 Å². The number of amides is 2. The molecular weight excluding hydrogens is 456 g/mol. The molecule has 0 heterocycles. The fraction of sp³-hybridized carbons (Fsp3) is 0.360. The molecule has 0 aliphatic heterocycles. The molecule has 0 radical (unpaired) electrons. The quantitative estimate of drug-likeness (QED) is 0.307. The van der Waals surface area contributed by atoms with Gasteiger partial charge in [-0.15, -0.1) is 0 Å². The minimum Gasteiger partial charge on any atom is -0.480 e. The number of nitrogens with one attached hydrogen (secondary N) is 2. The zero-order valence-electron chi connectivity index (χ0n) is 19.3. The van der Waals surface area contributed by atoms with E-state index in [1.807, 2.05) is 36.4 Å². The van der Waals surface area contributed by atoms with Gasteiger partial charge in [0.25, 0.3) is 0 Å². The first-order valence-electron chi connectivity index (χ1n) is 11.2. The molecule has 1 atom stereocenters. The van der Waals surface area contributed by atoms with Gasteiger partial charge in [-0.3, -0.25) is 9.59 Å². The largest absolute Gasteiger partial charge is 0.480 e. The SMILES string of the molecule is COC(=O)C[C@@H](NC(=O)CCOCCNC(=O)OCC1c2ccccc2-c2ccccc21)C(=O)O. The van der Waals surface area contributed by atoms with Gasteiger partial charge in [-0.2, -0.15) is 0 Å². The van der Waals surface area contributed by atoms with E-state index < -0.39 is 36.4 Å². The zero-order chi connectivity index (χ0) is 25.2. The second-order valence-corrected chi connectivity index (χ2v) is 7.85. The van der Waals surface area contributed by atoms with Gasteiger partial charge in [-0.25, -0.2) is 9.59 Å². The molecule has 0 unspecified atom stereocenters. The topological polar surface area (TPSA) is 140 Å². The van der Waals surface area contributed by atoms with Gasteiger partial charge in [-0.05, 0) is 22.3 Å². The number of hydrogen-bond donors (Lipinski definition) is 3. The number of hydrogen-bond acceptors (Lipinski definition) is 7. The lowest BCUT2D eigenvalue weighted by atomic mass is 9.98. The number of aliphatic carboxylic acids is 1. The summed E-state index contributed by atoms with van der Waals surface area (Å²) in [4.78, 5) is 46.3. The second kappa shape index (κ2) is 12.5. The summed E-state index contributed by atoms with van der Waals surface area (Å²) < 4.78 is 15.1. The highest BCUT2D eigenvalue weighted by Crippen LogP contribution is 2.44. The maximum Gasteiger partial charge on any atom is 0.407 e. The van der Waals surface area contributed by atoms with Crippen molar-refractivity contribution in [2.24, 2.45) is 0 Å². The molecule has 1 aliphatic carbocycles. The number of carboxylic acid groups (broad SMARTS) is 1. The Hall–Kier alpha value is -3.92. The molecule has 0 bridgehead atoms. The van der Waals surface area contributed by atoms with Gasteiger partial charge in [0, 0.05) is 18.9 Å². The minimum atomic E-state index is -1.37. The first kappa shape index (κ1) is 25.7. The second-order valence-electron chi connectivity index (χ2n) is 7.85. The van der Waals surface area contributed by atoms with Crippen molar-refractivity contribution in [1.29, 1.82) is 0 Å². The Balaban J connectivity index is 1.33. The average molecular weight is 485 g/mol. The van der Waals surface area contributed by atoms with Crippen LogP contribution in [0.4, 0.5) is 4.79 Å². The smallest absolute Gasteiger partial charge is 0.407 e. The van der Waals surface area contributed by atoms with E-state index in [1.165, 1.54) is 0 Å². The average Bonchev–Trinajstić information content (AvgIpc) is 3.18. The number of carbonyl (C=O) groups is 4. The van der Waals surface area contributed by atoms with Gasteiger partial charge in [0.2, 0.25) is 5.91 Å². The lowest BCUT2D eigenvalue weighted by Crippen LogP contribution is -2.42. The van der Waals surface area contributed by atoms with Crippen molar-refractivity contribution in [3.05, 3.63) is 59.7 Å². The van der Waals surface area contributed by atoms with Gasteiger partial charge in [0.1, 0.15) is 12.6 Å². The number of alkyl carbamates (subject to hydrolysis) is 1. The van der Waals surface area contributed by atoms with Crippen molar-refractivity contribution in [2.75, 3.05) is 33.5 Å². The zero-order valence-corrected chi connectivity index (χ0v) is 19.3. The van der Waals surface area contributed by atoms with Gasteiger partial charge >= 0.3 is 18.0 Å². The highest BCUT2D eigenvalue weighted by atomic mass is 16.5. The van der Waals surface area contributed by atoms with Crippen LogP contribution in [-0.4, -0.2) is 68.6 Å². The van der Waals surface area contributed by atoms with E-state index in [-0.39, 0.29) is 38.7 Å². The third-order valence-corrected chi connectivity index (χ3v) is 5.56. The minimum absolute atomic E-state index is 0.0166. The first-order valence-corrected chi connectivity index (χ1v) is 11.2. The normalized spacial score (nSPS) is 12.7. The fourth-order valence-electron chi connectivity index (χ4n) is 3.86. The fourth-order valence-corrected chi connectivity index (χ4v) is 3.86. The molecule has 3 rings (SSSR count). The van der Waals surface area contributed by atoms with Crippen LogP contribution in [0.5, 0.6) is 0 Å². The number of esters is 1. The van der Waals surface area contributed by atoms with E-state index in [1.54, 1.807) is 0 Å². The number of rotatable bonds is 12. The van der Waals surface area contributed by atoms with Crippen molar-refractivity contribution in [2.45, 2.75) is 24.8 Å². The van der Waals surface area contributed by atoms with Crippen molar-refractivity contribution in [3.8, 4) is 11.1 Å². The standard InChI is InChI=1S/C25H28N2O8/c1-33-23(29)14-21(24(30)31)27-22(28)10-12-34-13-11-26-25(32)35-15-20-18-8-4-2-6-16(18)17-7-3-5-9-19(17)20/h2-9,20-21H,10-15H2,1H3,(H,26,32)(H,27,28)(H,30,31)/t21-/m1/s1. The molecule has 0 saturated heterocycles. The highest BCUT2D eigenvalue weighted by molar-refractivity contribution is 5.87. The highest BCUT2D eigenvalue weighted by Gasteiger charge is 2.29. The molecule has 0 fully saturated rings. The van der Waals surface area contributed by atoms with Crippen LogP contribution in [0.2, 0.25) is 0 Å². The summed E-state index contributed by atoms with van der Waals surface area (Å²) in [6.45, 7) is 0.542. The van der Waals surface area contributed by atoms with Crippen molar-refractivity contribution < 1.29 is 38.5 Å². The first-order chi connectivity index (χ1) is 16.9. The molecule has 10 nitrogen and oxygen atoms in total. The number of methoxy groups -OCH3 is 1. The molecule has 35 heavy (non-hydrogen) atoms. The van der Waals surface area contributed by atoms with Crippen LogP contribution in [0.15, 0.2) is 48.5 Å². The summed E-state index contributed by atoms with van der Waals surface area (Å²) >= 11 is 0. The predicted octanol–water partition coefficient (Wildman–Crippen LogP) is 2.06. The molecule has 2 aromatic rings. The summed E-state index contributed by atoms with van der Waals surface area (Å²) in [6.07, 6.45) is -1.14. The summed E-state index contributed by atoms with van der Waals surface area (Å²) in [5, 5.41) is 13.9. The Morgan fingerprint density at radius 3 is 2.20 bits per heavy atom. The van der Waals surface area contributed by atoms with Crippen LogP contribution < -0.4 is 10.6 Å². The summed E-state index contributed by atoms with van der Waals surface area (Å²) in [5.41, 5.74) is 4.55. The van der Waals surface area contributed by atoms with Crippen LogP contribution in [0.3, 0.4) is 0 Å². The Bertz CT molecular complexity index is 1030. The van der Waals surface area contributed by atoms with Gasteiger partial charge in [-0.1, -0.05) is 48.5 Å². The third-order valence-electron chi connectivity index (χ3n) is 5.56. The Labute approximate surface area is 202 Å². The van der Waals surface area contributed by atoms with Crippen molar-refractivity contribution in [1.82, 2.24) is 10.6 Å². The van der Waals surface area contributed by atoms with E-state index in [2.05, 4.69) is 27.5 Å². The van der Waals surface area contributed by atoms with Gasteiger partial charge < -0.3 is 30.0 Å². The van der Waals surface area contributed by atoms with Crippen LogP contribution in [-0.2, 0) is 28.6 Å². The molecule has 1 aliphatic rings. The molecule has 0 spiro atoms. The van der Waals surface area contributed by atoms with Crippen LogP contribution in [0, 0.1) is 0 Å². The molecule has 2 aromatic carbocycles. The number of fused-ring (bicyclic) bond motifs is 3. The van der Waals surface area contributed by atoms with Crippen LogP contribution in [0.1, 0.15) is 29.9 Å². The number of benzene rings is 2. The lowest BCUT2D eigenvalue weighted by Gasteiger charge is -2.15. The van der Waals surface area contributed by atoms with Crippen LogP contribution >= 0.6 is 0 Å². The van der Waals surface area contributed by atoms with Crippen molar-refractivity contribution >= 4 is 23.9 Å². The summed E-state index contributed by atoms with van der Waals surface area (Å²) in [6, 6.07) is 14.7. The third kappa shape index (κ3) is 7.03. The van der Waals surface area contributed by atoms with E-state index >= 15 is 0 Å². The molecule has 0 saturated carbocycles. The van der Waals surface area contributed by atoms with E-state index in [4.69, 9.17) is 14.6 Å². The maximum atomic E-state index is 12.1. The van der Waals surface area contributed by atoms with E-state index in [0.29, 0.717) is 0 Å². The van der Waals surface area contributed by atoms with E-state index in [9.17, 15) is 19.2 Å². The van der Waals surface area contributed by atoms with E-state index in [0.717, 1.165) is 29.4 Å². The predicted molar refractivity (Wildman–Crippen MR) is 125 cm³/mol. The molecule has 2 amide bonds. The molecule has 3 N–H and O–H groups in total. The summed E-state index contributed by atoms with van der Waals surface area (Å²) in [5.74, 6) is -2.69. The number of ether oxygens (including phenoxy) is 3. The summed E-state index contributed by atoms with van der Waals surface area (Å²) in [7, 11) is 1.13. The lowest BCUT2D eigenvalue weighted by molar-refractivity contribution is -0.148. The van der Waals surface area contributed by atoms with Crippen molar-refractivity contribution in [3.63, 3.8) is 0 Å². The molecule has 0 aromatic heterocycles. The maximum absolute atomic E-state index is 12.1. The molecule has 186 valence electrons. The molecule has 10 heteroatoms. The van der Waals surface area contributed by atoms with Gasteiger partial charge in [0.15, 0.2) is 0 Å². The Morgan fingerprint density at radius 2 is 1.60 bits per heavy atom. The molecular formula is C25H28N2O8. The Morgan fingerprint density at radius 1 is 0.971 bits per heavy atom. The number of carbonyl (C=O) groups excluding carboxylic acids is 3. The Kier molecular flexibility index (Phi) is 9.19. The monoisotopic (exact) mass is 484 g/mol. The van der Waals surface area contributed by atoms with Crippen LogP contribution in [0.25, 0.3) is 11.1 Å².